The van der Waals surface area contributed by atoms with Crippen molar-refractivity contribution in [3.8, 4) is 22.6 Å². The van der Waals surface area contributed by atoms with Crippen LogP contribution in [0.5, 0.6) is 0 Å². The number of amides is 1. The van der Waals surface area contributed by atoms with E-state index in [0.29, 0.717) is 35.7 Å². The number of pyridine rings is 1. The minimum atomic E-state index is -1.12. The highest BCUT2D eigenvalue weighted by Crippen LogP contribution is 2.28. The van der Waals surface area contributed by atoms with Crippen LogP contribution in [0.15, 0.2) is 71.3 Å². The SMILES string of the molecule is CCCc1nc(C(=O)NC(CC(=O)O)Cc2ccccc2F)oc1Cc1ccc(-c2ccccc2-c2nn[nH]n2)nc1. The van der Waals surface area contributed by atoms with Crippen molar-refractivity contribution in [3.63, 3.8) is 0 Å². The molecule has 0 saturated heterocycles. The molecule has 0 radical (unpaired) electrons. The summed E-state index contributed by atoms with van der Waals surface area (Å²) in [5, 5.41) is 26.3. The number of carbonyl (C=O) groups excluding carboxylic acids is 1. The van der Waals surface area contributed by atoms with Crippen LogP contribution >= 0.6 is 0 Å². The van der Waals surface area contributed by atoms with Crippen molar-refractivity contribution in [1.29, 1.82) is 0 Å². The Hall–Kier alpha value is -5.26. The highest BCUT2D eigenvalue weighted by atomic mass is 19.1. The normalized spacial score (nSPS) is 11.8. The number of benzene rings is 2. The maximum absolute atomic E-state index is 14.2. The molecule has 5 aromatic rings. The summed E-state index contributed by atoms with van der Waals surface area (Å²) in [6, 6.07) is 16.6. The summed E-state index contributed by atoms with van der Waals surface area (Å²) in [5.74, 6) is -1.43. The van der Waals surface area contributed by atoms with Crippen LogP contribution in [0, 0.1) is 5.82 Å². The number of halogens is 1. The first-order chi connectivity index (χ1) is 20.4. The molecule has 0 aliphatic carbocycles. The number of rotatable bonds is 12. The van der Waals surface area contributed by atoms with E-state index in [-0.39, 0.29) is 18.7 Å². The van der Waals surface area contributed by atoms with Gasteiger partial charge in [0, 0.05) is 29.8 Å². The maximum atomic E-state index is 14.2. The number of oxazole rings is 1. The van der Waals surface area contributed by atoms with Gasteiger partial charge in [0.25, 0.3) is 5.89 Å². The lowest BCUT2D eigenvalue weighted by Gasteiger charge is -2.16. The van der Waals surface area contributed by atoms with Crippen molar-refractivity contribution < 1.29 is 23.5 Å². The van der Waals surface area contributed by atoms with Gasteiger partial charge in [0.1, 0.15) is 11.6 Å². The van der Waals surface area contributed by atoms with Crippen LogP contribution in [0.4, 0.5) is 4.39 Å². The number of carboxylic acids is 1. The molecule has 3 heterocycles. The van der Waals surface area contributed by atoms with Gasteiger partial charge < -0.3 is 14.8 Å². The number of carbonyl (C=O) groups is 2. The molecule has 0 fully saturated rings. The standard InChI is InChI=1S/C30H28FN7O4/c1-2-7-25-26(14-18-12-13-24(32-17-18)21-9-4-5-10-22(21)28-35-37-38-36-28)42-30(34-25)29(41)33-20(16-27(39)40)15-19-8-3-6-11-23(19)31/h3-6,8-13,17,20H,2,7,14-16H2,1H3,(H,33,41)(H,39,40)(H,35,36,37,38). The number of carboxylic acid groups (broad SMARTS) is 1. The highest BCUT2D eigenvalue weighted by molar-refractivity contribution is 5.90. The van der Waals surface area contributed by atoms with Crippen molar-refractivity contribution in [2.45, 2.75) is 45.1 Å². The molecule has 0 saturated carbocycles. The zero-order valence-electron chi connectivity index (χ0n) is 22.7. The van der Waals surface area contributed by atoms with Gasteiger partial charge in [0.05, 0.1) is 17.8 Å². The molecule has 3 N–H and O–H groups in total. The molecule has 3 aromatic heterocycles. The van der Waals surface area contributed by atoms with E-state index in [1.807, 2.05) is 43.3 Å². The summed E-state index contributed by atoms with van der Waals surface area (Å²) in [6.07, 6.45) is 3.07. The van der Waals surface area contributed by atoms with Gasteiger partial charge in [0.2, 0.25) is 5.82 Å². The van der Waals surface area contributed by atoms with Crippen LogP contribution < -0.4 is 5.32 Å². The van der Waals surface area contributed by atoms with E-state index in [2.05, 4.69) is 35.9 Å². The molecular formula is C30H28FN7O4. The summed E-state index contributed by atoms with van der Waals surface area (Å²) in [4.78, 5) is 33.6. The van der Waals surface area contributed by atoms with Gasteiger partial charge in [-0.2, -0.15) is 5.21 Å². The third-order valence-electron chi connectivity index (χ3n) is 6.62. The molecule has 0 aliphatic heterocycles. The van der Waals surface area contributed by atoms with Crippen LogP contribution in [0.25, 0.3) is 22.6 Å². The molecule has 0 aliphatic rings. The average Bonchev–Trinajstić information content (AvgIpc) is 3.66. The molecule has 1 atom stereocenters. The molecule has 0 spiro atoms. The van der Waals surface area contributed by atoms with E-state index < -0.39 is 23.7 Å². The smallest absolute Gasteiger partial charge is 0.307 e. The molecule has 214 valence electrons. The second-order valence-corrected chi connectivity index (χ2v) is 9.71. The quantitative estimate of drug-likeness (QED) is 0.198. The fourth-order valence-electron chi connectivity index (χ4n) is 4.66. The largest absolute Gasteiger partial charge is 0.481 e. The molecule has 11 nitrogen and oxygen atoms in total. The van der Waals surface area contributed by atoms with E-state index in [4.69, 9.17) is 4.42 Å². The second-order valence-electron chi connectivity index (χ2n) is 9.71. The Bertz CT molecular complexity index is 1670. The van der Waals surface area contributed by atoms with Gasteiger partial charge in [-0.05, 0) is 41.3 Å². The first-order valence-corrected chi connectivity index (χ1v) is 13.4. The number of aryl methyl sites for hydroxylation is 1. The van der Waals surface area contributed by atoms with Crippen LogP contribution in [0.2, 0.25) is 0 Å². The molecule has 5 rings (SSSR count). The maximum Gasteiger partial charge on any atom is 0.307 e. The third-order valence-corrected chi connectivity index (χ3v) is 6.62. The van der Waals surface area contributed by atoms with Gasteiger partial charge in [-0.15, -0.1) is 10.2 Å². The summed E-state index contributed by atoms with van der Waals surface area (Å²) in [7, 11) is 0. The summed E-state index contributed by atoms with van der Waals surface area (Å²) in [5.41, 5.74) is 4.16. The van der Waals surface area contributed by atoms with Gasteiger partial charge in [-0.25, -0.2) is 9.37 Å². The van der Waals surface area contributed by atoms with Gasteiger partial charge in [-0.3, -0.25) is 14.6 Å². The Balaban J connectivity index is 1.33. The molecule has 42 heavy (non-hydrogen) atoms. The van der Waals surface area contributed by atoms with Crippen LogP contribution in [-0.2, 0) is 24.1 Å². The number of hydrogen-bond donors (Lipinski definition) is 3. The number of aromatic amines is 1. The Morgan fingerprint density at radius 1 is 1.07 bits per heavy atom. The van der Waals surface area contributed by atoms with E-state index in [0.717, 1.165) is 28.8 Å². The van der Waals surface area contributed by atoms with Gasteiger partial charge in [0.15, 0.2) is 0 Å². The number of nitrogens with zero attached hydrogens (tertiary/aromatic N) is 5. The predicted octanol–water partition coefficient (Wildman–Crippen LogP) is 4.41. The minimum absolute atomic E-state index is 0.00790. The zero-order chi connectivity index (χ0) is 29.5. The van der Waals surface area contributed by atoms with E-state index in [9.17, 15) is 19.1 Å². The number of tetrazole rings is 1. The van der Waals surface area contributed by atoms with Gasteiger partial charge >= 0.3 is 11.9 Å². The van der Waals surface area contributed by atoms with Crippen LogP contribution in [0.3, 0.4) is 0 Å². The molecule has 0 bridgehead atoms. The molecule has 12 heteroatoms. The van der Waals surface area contributed by atoms with Crippen molar-refractivity contribution in [2.75, 3.05) is 0 Å². The van der Waals surface area contributed by atoms with Gasteiger partial charge in [-0.1, -0.05) is 61.9 Å². The number of hydrogen-bond acceptors (Lipinski definition) is 8. The lowest BCUT2D eigenvalue weighted by molar-refractivity contribution is -0.137. The molecule has 1 amide bonds. The number of aromatic nitrogens is 6. The van der Waals surface area contributed by atoms with E-state index in [1.54, 1.807) is 24.4 Å². The molecule has 2 aromatic carbocycles. The van der Waals surface area contributed by atoms with E-state index in [1.165, 1.54) is 6.07 Å². The van der Waals surface area contributed by atoms with Crippen molar-refractivity contribution in [3.05, 3.63) is 101 Å². The highest BCUT2D eigenvalue weighted by Gasteiger charge is 2.24. The number of aliphatic carboxylic acids is 1. The Morgan fingerprint density at radius 3 is 2.55 bits per heavy atom. The summed E-state index contributed by atoms with van der Waals surface area (Å²) < 4.78 is 20.1. The first-order valence-electron chi connectivity index (χ1n) is 13.4. The summed E-state index contributed by atoms with van der Waals surface area (Å²) in [6.45, 7) is 1.99. The van der Waals surface area contributed by atoms with E-state index >= 15 is 0 Å². The average molecular weight is 570 g/mol. The van der Waals surface area contributed by atoms with Crippen LogP contribution in [-0.4, -0.2) is 53.6 Å². The number of nitrogens with one attached hydrogen (secondary N) is 2. The topological polar surface area (TPSA) is 160 Å². The third kappa shape index (κ3) is 6.72. The monoisotopic (exact) mass is 569 g/mol. The molecule has 1 unspecified atom stereocenters. The predicted molar refractivity (Wildman–Crippen MR) is 150 cm³/mol. The lowest BCUT2D eigenvalue weighted by Crippen LogP contribution is -2.38. The van der Waals surface area contributed by atoms with Crippen LogP contribution in [0.1, 0.15) is 53.0 Å². The first kappa shape index (κ1) is 28.3. The lowest BCUT2D eigenvalue weighted by atomic mass is 10.0. The second kappa shape index (κ2) is 12.9. The Labute approximate surface area is 240 Å². The Morgan fingerprint density at radius 2 is 1.86 bits per heavy atom. The summed E-state index contributed by atoms with van der Waals surface area (Å²) >= 11 is 0. The van der Waals surface area contributed by atoms with Crippen molar-refractivity contribution in [1.82, 2.24) is 35.9 Å². The zero-order valence-corrected chi connectivity index (χ0v) is 22.7. The minimum Gasteiger partial charge on any atom is -0.481 e. The Kier molecular flexibility index (Phi) is 8.71. The number of H-pyrrole nitrogens is 1. The fraction of sp³-hybridized carbons (Fsp3) is 0.233. The fourth-order valence-corrected chi connectivity index (χ4v) is 4.66. The van der Waals surface area contributed by atoms with Crippen molar-refractivity contribution in [2.24, 2.45) is 0 Å². The molecular weight excluding hydrogens is 541 g/mol. The van der Waals surface area contributed by atoms with Crippen molar-refractivity contribution >= 4 is 11.9 Å².